The van der Waals surface area contributed by atoms with E-state index < -0.39 is 0 Å². The van der Waals surface area contributed by atoms with Crippen molar-refractivity contribution in [1.29, 1.82) is 0 Å². The lowest BCUT2D eigenvalue weighted by Gasteiger charge is -2.09. The van der Waals surface area contributed by atoms with E-state index in [1.165, 1.54) is 0 Å². The largest absolute Gasteiger partial charge is 0.456 e. The van der Waals surface area contributed by atoms with E-state index in [1.807, 2.05) is 56.7 Å². The van der Waals surface area contributed by atoms with Crippen molar-refractivity contribution in [3.8, 4) is 0 Å². The Labute approximate surface area is 151 Å². The van der Waals surface area contributed by atoms with Crippen LogP contribution in [0.25, 0.3) is 21.9 Å². The molecule has 2 aromatic heterocycles. The molecule has 4 rings (SSSR count). The third-order valence-corrected chi connectivity index (χ3v) is 4.77. The first kappa shape index (κ1) is 16.4. The van der Waals surface area contributed by atoms with Gasteiger partial charge in [0.2, 0.25) is 5.43 Å². The molecule has 4 aromatic rings. The number of imidazole rings is 1. The number of hydrogen-bond acceptors (Lipinski definition) is 4. The highest BCUT2D eigenvalue weighted by Gasteiger charge is 2.10. The molecule has 0 amide bonds. The van der Waals surface area contributed by atoms with Crippen LogP contribution in [0.3, 0.4) is 0 Å². The molecule has 0 spiro atoms. The molecule has 2 heterocycles. The highest BCUT2D eigenvalue weighted by Crippen LogP contribution is 2.24. The van der Waals surface area contributed by atoms with E-state index in [2.05, 4.69) is 14.9 Å². The molecular formula is C21H21N3O2. The molecule has 1 N–H and O–H groups in total. The van der Waals surface area contributed by atoms with Crippen molar-refractivity contribution < 1.29 is 4.42 Å². The summed E-state index contributed by atoms with van der Waals surface area (Å²) in [6.07, 6.45) is 6.54. The van der Waals surface area contributed by atoms with Gasteiger partial charge in [-0.05, 0) is 55.7 Å². The number of benzene rings is 2. The molecule has 0 saturated heterocycles. The average Bonchev–Trinajstić information content (AvgIpc) is 3.14. The Morgan fingerprint density at radius 1 is 1.08 bits per heavy atom. The zero-order valence-electron chi connectivity index (χ0n) is 15.0. The van der Waals surface area contributed by atoms with Gasteiger partial charge in [-0.1, -0.05) is 0 Å². The maximum Gasteiger partial charge on any atom is 0.200 e. The highest BCUT2D eigenvalue weighted by atomic mass is 16.3. The summed E-state index contributed by atoms with van der Waals surface area (Å²) in [6, 6.07) is 9.54. The predicted octanol–water partition coefficient (Wildman–Crippen LogP) is 4.26. The van der Waals surface area contributed by atoms with Gasteiger partial charge < -0.3 is 14.3 Å². The van der Waals surface area contributed by atoms with Gasteiger partial charge in [0.05, 0.1) is 17.1 Å². The molecule has 0 aliphatic heterocycles. The maximum atomic E-state index is 12.8. The third-order valence-electron chi connectivity index (χ3n) is 4.77. The first-order valence-corrected chi connectivity index (χ1v) is 8.79. The molecule has 5 heteroatoms. The van der Waals surface area contributed by atoms with Crippen molar-refractivity contribution in [3.63, 3.8) is 0 Å². The van der Waals surface area contributed by atoms with Gasteiger partial charge in [0.1, 0.15) is 11.2 Å². The quantitative estimate of drug-likeness (QED) is 0.433. The Kier molecular flexibility index (Phi) is 4.21. The molecule has 0 aliphatic rings. The molecular weight excluding hydrogens is 326 g/mol. The number of nitrogens with one attached hydrogen (secondary N) is 1. The van der Waals surface area contributed by atoms with E-state index in [-0.39, 0.29) is 5.43 Å². The summed E-state index contributed by atoms with van der Waals surface area (Å²) in [5, 5.41) is 4.65. The molecule has 5 nitrogen and oxygen atoms in total. The fourth-order valence-corrected chi connectivity index (χ4v) is 3.13. The van der Waals surface area contributed by atoms with Crippen LogP contribution in [0.2, 0.25) is 0 Å². The van der Waals surface area contributed by atoms with Crippen LogP contribution in [0.1, 0.15) is 17.5 Å². The Morgan fingerprint density at radius 3 is 2.69 bits per heavy atom. The number of anilines is 1. The molecule has 0 aliphatic carbocycles. The lowest BCUT2D eigenvalue weighted by atomic mass is 10.1. The summed E-state index contributed by atoms with van der Waals surface area (Å²) < 4.78 is 8.07. The third kappa shape index (κ3) is 3.08. The first-order valence-electron chi connectivity index (χ1n) is 8.79. The van der Waals surface area contributed by atoms with Crippen molar-refractivity contribution in [3.05, 3.63) is 70.4 Å². The minimum atomic E-state index is 0.0241. The normalized spacial score (nSPS) is 11.3. The maximum absolute atomic E-state index is 12.8. The van der Waals surface area contributed by atoms with Crippen LogP contribution < -0.4 is 10.7 Å². The van der Waals surface area contributed by atoms with E-state index in [9.17, 15) is 4.79 Å². The minimum absolute atomic E-state index is 0.0241. The van der Waals surface area contributed by atoms with Crippen molar-refractivity contribution in [2.45, 2.75) is 26.8 Å². The second kappa shape index (κ2) is 6.67. The van der Waals surface area contributed by atoms with Crippen molar-refractivity contribution in [1.82, 2.24) is 9.55 Å². The van der Waals surface area contributed by atoms with E-state index in [0.29, 0.717) is 21.9 Å². The molecule has 0 radical (unpaired) electrons. The molecule has 26 heavy (non-hydrogen) atoms. The zero-order valence-corrected chi connectivity index (χ0v) is 15.0. The second-order valence-corrected chi connectivity index (χ2v) is 6.66. The van der Waals surface area contributed by atoms with Crippen LogP contribution >= 0.6 is 0 Å². The Bertz CT molecular complexity index is 1130. The van der Waals surface area contributed by atoms with Gasteiger partial charge in [0.25, 0.3) is 0 Å². The molecule has 0 atom stereocenters. The van der Waals surface area contributed by atoms with Crippen molar-refractivity contribution >= 4 is 27.6 Å². The van der Waals surface area contributed by atoms with Gasteiger partial charge in [0, 0.05) is 37.2 Å². The lowest BCUT2D eigenvalue weighted by Crippen LogP contribution is -2.07. The number of nitrogens with zero attached hydrogens (tertiary/aromatic N) is 2. The van der Waals surface area contributed by atoms with Crippen molar-refractivity contribution in [2.24, 2.45) is 0 Å². The summed E-state index contributed by atoms with van der Waals surface area (Å²) in [6.45, 7) is 5.78. The topological polar surface area (TPSA) is 60.1 Å². The Hall–Kier alpha value is -3.08. The van der Waals surface area contributed by atoms with E-state index in [0.717, 1.165) is 36.3 Å². The highest BCUT2D eigenvalue weighted by molar-refractivity contribution is 5.91. The summed E-state index contributed by atoms with van der Waals surface area (Å²) in [7, 11) is 0. The monoisotopic (exact) mass is 347 g/mol. The average molecular weight is 347 g/mol. The van der Waals surface area contributed by atoms with Crippen LogP contribution in [-0.4, -0.2) is 16.1 Å². The predicted molar refractivity (Wildman–Crippen MR) is 105 cm³/mol. The molecule has 132 valence electrons. The van der Waals surface area contributed by atoms with E-state index in [4.69, 9.17) is 4.42 Å². The van der Waals surface area contributed by atoms with Crippen LogP contribution in [0, 0.1) is 13.8 Å². The smallest absolute Gasteiger partial charge is 0.200 e. The summed E-state index contributed by atoms with van der Waals surface area (Å²) >= 11 is 0. The summed E-state index contributed by atoms with van der Waals surface area (Å²) in [5.41, 5.74) is 4.45. The number of hydrogen-bond donors (Lipinski definition) is 1. The molecule has 0 unspecified atom stereocenters. The van der Waals surface area contributed by atoms with Crippen LogP contribution in [0.15, 0.2) is 58.3 Å². The Morgan fingerprint density at radius 2 is 1.88 bits per heavy atom. The Balaban J connectivity index is 1.59. The van der Waals surface area contributed by atoms with Crippen LogP contribution in [0.4, 0.5) is 5.69 Å². The number of aromatic nitrogens is 2. The number of rotatable bonds is 5. The van der Waals surface area contributed by atoms with Gasteiger partial charge in [-0.2, -0.15) is 0 Å². The van der Waals surface area contributed by atoms with E-state index >= 15 is 0 Å². The molecule has 0 bridgehead atoms. The van der Waals surface area contributed by atoms with Crippen LogP contribution in [0.5, 0.6) is 0 Å². The van der Waals surface area contributed by atoms with Crippen LogP contribution in [-0.2, 0) is 6.54 Å². The van der Waals surface area contributed by atoms with Crippen molar-refractivity contribution in [2.75, 3.05) is 11.9 Å². The number of aryl methyl sites for hydroxylation is 3. The van der Waals surface area contributed by atoms with Gasteiger partial charge >= 0.3 is 0 Å². The standard InChI is InChI=1S/C21H21N3O2/c1-14-10-18-19(11-15(14)2)26-20-12-16(4-5-17(20)21(18)25)23-6-3-8-24-9-7-22-13-24/h4-5,7,9-13,23H,3,6,8H2,1-2H3. The fraction of sp³-hybridized carbons (Fsp3) is 0.238. The lowest BCUT2D eigenvalue weighted by molar-refractivity contribution is 0.657. The van der Waals surface area contributed by atoms with Gasteiger partial charge in [0.15, 0.2) is 0 Å². The fourth-order valence-electron chi connectivity index (χ4n) is 3.13. The van der Waals surface area contributed by atoms with Gasteiger partial charge in [-0.25, -0.2) is 4.98 Å². The van der Waals surface area contributed by atoms with Gasteiger partial charge in [-0.3, -0.25) is 4.79 Å². The molecule has 2 aromatic carbocycles. The SMILES string of the molecule is Cc1cc2oc3cc(NCCCn4ccnc4)ccc3c(=O)c2cc1C. The summed E-state index contributed by atoms with van der Waals surface area (Å²) in [4.78, 5) is 16.8. The molecule has 0 fully saturated rings. The van der Waals surface area contributed by atoms with Gasteiger partial charge in [-0.15, -0.1) is 0 Å². The summed E-state index contributed by atoms with van der Waals surface area (Å²) in [5.74, 6) is 0. The first-order chi connectivity index (χ1) is 12.6. The molecule has 0 saturated carbocycles. The van der Waals surface area contributed by atoms with E-state index in [1.54, 1.807) is 6.20 Å². The second-order valence-electron chi connectivity index (χ2n) is 6.66. The zero-order chi connectivity index (χ0) is 18.1. The minimum Gasteiger partial charge on any atom is -0.456 e. The number of fused-ring (bicyclic) bond motifs is 2.